The maximum atomic E-state index is 5.54. The summed E-state index contributed by atoms with van der Waals surface area (Å²) in [4.78, 5) is 0. The molecular weight excluding hydrogens is 266 g/mol. The van der Waals surface area contributed by atoms with E-state index >= 15 is 0 Å². The summed E-state index contributed by atoms with van der Waals surface area (Å²) in [6.07, 6.45) is 6.51. The fourth-order valence-electron chi connectivity index (χ4n) is 2.75. The zero-order valence-electron chi connectivity index (χ0n) is 14.1. The normalized spacial score (nSPS) is 22.0. The molecule has 126 valence electrons. The Kier molecular flexibility index (Phi) is 12.1. The van der Waals surface area contributed by atoms with Crippen molar-refractivity contribution in [1.82, 2.24) is 5.32 Å². The standard InChI is InChI=1S/C17H35NO3/c1-3-4-8-19-10-12-21-13-11-20-9-7-18-15-17-6-5-16(2)14-17/h16-18H,3-15H2,1-2H3. The van der Waals surface area contributed by atoms with Crippen LogP contribution in [0.1, 0.15) is 46.0 Å². The van der Waals surface area contributed by atoms with E-state index in [2.05, 4.69) is 19.2 Å². The molecule has 1 rings (SSSR count). The lowest BCUT2D eigenvalue weighted by Gasteiger charge is -2.11. The van der Waals surface area contributed by atoms with Crippen LogP contribution in [0, 0.1) is 11.8 Å². The van der Waals surface area contributed by atoms with Gasteiger partial charge >= 0.3 is 0 Å². The lowest BCUT2D eigenvalue weighted by Crippen LogP contribution is -2.25. The number of unbranched alkanes of at least 4 members (excludes halogenated alkanes) is 1. The molecule has 1 fully saturated rings. The van der Waals surface area contributed by atoms with Gasteiger partial charge in [-0.2, -0.15) is 0 Å². The van der Waals surface area contributed by atoms with Gasteiger partial charge in [0.25, 0.3) is 0 Å². The summed E-state index contributed by atoms with van der Waals surface area (Å²) in [5.41, 5.74) is 0. The maximum absolute atomic E-state index is 5.54. The van der Waals surface area contributed by atoms with E-state index in [1.165, 1.54) is 25.7 Å². The number of hydrogen-bond acceptors (Lipinski definition) is 4. The molecule has 0 bridgehead atoms. The van der Waals surface area contributed by atoms with Crippen molar-refractivity contribution in [3.05, 3.63) is 0 Å². The second-order valence-electron chi connectivity index (χ2n) is 6.18. The minimum Gasteiger partial charge on any atom is -0.379 e. The van der Waals surface area contributed by atoms with Crippen LogP contribution in [0.4, 0.5) is 0 Å². The van der Waals surface area contributed by atoms with Gasteiger partial charge in [0, 0.05) is 13.2 Å². The van der Waals surface area contributed by atoms with Crippen molar-refractivity contribution in [2.75, 3.05) is 52.7 Å². The van der Waals surface area contributed by atoms with E-state index in [1.807, 2.05) is 0 Å². The predicted molar refractivity (Wildman–Crippen MR) is 86.7 cm³/mol. The van der Waals surface area contributed by atoms with Gasteiger partial charge < -0.3 is 19.5 Å². The van der Waals surface area contributed by atoms with E-state index in [0.717, 1.165) is 44.6 Å². The van der Waals surface area contributed by atoms with E-state index in [4.69, 9.17) is 14.2 Å². The molecule has 2 unspecified atom stereocenters. The van der Waals surface area contributed by atoms with Gasteiger partial charge in [-0.3, -0.25) is 0 Å². The van der Waals surface area contributed by atoms with Crippen LogP contribution < -0.4 is 5.32 Å². The fraction of sp³-hybridized carbons (Fsp3) is 1.00. The van der Waals surface area contributed by atoms with Crippen LogP contribution >= 0.6 is 0 Å². The molecule has 0 aromatic rings. The van der Waals surface area contributed by atoms with Crippen molar-refractivity contribution < 1.29 is 14.2 Å². The van der Waals surface area contributed by atoms with Crippen LogP contribution in [0.2, 0.25) is 0 Å². The first-order valence-corrected chi connectivity index (χ1v) is 8.76. The zero-order chi connectivity index (χ0) is 15.2. The minimum atomic E-state index is 0.664. The highest BCUT2D eigenvalue weighted by molar-refractivity contribution is 4.74. The van der Waals surface area contributed by atoms with Crippen LogP contribution in [0.15, 0.2) is 0 Å². The van der Waals surface area contributed by atoms with E-state index in [0.29, 0.717) is 26.4 Å². The van der Waals surface area contributed by atoms with Gasteiger partial charge in [0.05, 0.1) is 33.0 Å². The maximum Gasteiger partial charge on any atom is 0.0701 e. The zero-order valence-corrected chi connectivity index (χ0v) is 14.1. The molecule has 2 atom stereocenters. The molecule has 0 aromatic heterocycles. The smallest absolute Gasteiger partial charge is 0.0701 e. The molecule has 0 amide bonds. The molecule has 4 heteroatoms. The average Bonchev–Trinajstić information content (AvgIpc) is 2.89. The monoisotopic (exact) mass is 301 g/mol. The van der Waals surface area contributed by atoms with Crippen molar-refractivity contribution in [2.45, 2.75) is 46.0 Å². The number of hydrogen-bond donors (Lipinski definition) is 1. The third-order valence-corrected chi connectivity index (χ3v) is 4.05. The summed E-state index contributed by atoms with van der Waals surface area (Å²) in [6, 6.07) is 0. The van der Waals surface area contributed by atoms with Crippen molar-refractivity contribution >= 4 is 0 Å². The fourth-order valence-corrected chi connectivity index (χ4v) is 2.75. The van der Waals surface area contributed by atoms with Crippen molar-refractivity contribution in [1.29, 1.82) is 0 Å². The highest BCUT2D eigenvalue weighted by atomic mass is 16.5. The van der Waals surface area contributed by atoms with Gasteiger partial charge in [-0.15, -0.1) is 0 Å². The molecule has 1 aliphatic carbocycles. The van der Waals surface area contributed by atoms with E-state index in [-0.39, 0.29) is 0 Å². The summed E-state index contributed by atoms with van der Waals surface area (Å²) >= 11 is 0. The minimum absolute atomic E-state index is 0.664. The summed E-state index contributed by atoms with van der Waals surface area (Å²) in [7, 11) is 0. The molecule has 1 saturated carbocycles. The highest BCUT2D eigenvalue weighted by Gasteiger charge is 2.20. The quantitative estimate of drug-likeness (QED) is 0.501. The molecular formula is C17H35NO3. The van der Waals surface area contributed by atoms with Crippen molar-refractivity contribution in [3.8, 4) is 0 Å². The highest BCUT2D eigenvalue weighted by Crippen LogP contribution is 2.29. The first kappa shape index (κ1) is 18.9. The van der Waals surface area contributed by atoms with Crippen molar-refractivity contribution in [2.24, 2.45) is 11.8 Å². The first-order chi connectivity index (χ1) is 10.3. The summed E-state index contributed by atoms with van der Waals surface area (Å²) in [5, 5.41) is 3.49. The predicted octanol–water partition coefficient (Wildman–Crippen LogP) is 2.86. The van der Waals surface area contributed by atoms with Gasteiger partial charge in [0.1, 0.15) is 0 Å². The number of ether oxygens (including phenoxy) is 3. The van der Waals surface area contributed by atoms with Gasteiger partial charge in [0.15, 0.2) is 0 Å². The third-order valence-electron chi connectivity index (χ3n) is 4.05. The average molecular weight is 301 g/mol. The van der Waals surface area contributed by atoms with Crippen LogP contribution in [0.5, 0.6) is 0 Å². The van der Waals surface area contributed by atoms with E-state index in [9.17, 15) is 0 Å². The largest absolute Gasteiger partial charge is 0.379 e. The number of nitrogens with one attached hydrogen (secondary N) is 1. The topological polar surface area (TPSA) is 39.7 Å². The van der Waals surface area contributed by atoms with Gasteiger partial charge in [-0.25, -0.2) is 0 Å². The third kappa shape index (κ3) is 11.1. The Morgan fingerprint density at radius 1 is 0.905 bits per heavy atom. The Morgan fingerprint density at radius 3 is 2.19 bits per heavy atom. The van der Waals surface area contributed by atoms with Gasteiger partial charge in [0.2, 0.25) is 0 Å². The first-order valence-electron chi connectivity index (χ1n) is 8.76. The van der Waals surface area contributed by atoms with Gasteiger partial charge in [-0.1, -0.05) is 26.7 Å². The van der Waals surface area contributed by atoms with E-state index < -0.39 is 0 Å². The summed E-state index contributed by atoms with van der Waals surface area (Å²) in [5.74, 6) is 1.81. The van der Waals surface area contributed by atoms with Crippen LogP contribution in [0.25, 0.3) is 0 Å². The SMILES string of the molecule is CCCCOCCOCCOCCNCC1CCC(C)C1. The Hall–Kier alpha value is -0.160. The molecule has 4 nitrogen and oxygen atoms in total. The molecule has 1 aliphatic rings. The van der Waals surface area contributed by atoms with Crippen LogP contribution in [-0.4, -0.2) is 52.7 Å². The lowest BCUT2D eigenvalue weighted by atomic mass is 10.1. The van der Waals surface area contributed by atoms with Crippen molar-refractivity contribution in [3.63, 3.8) is 0 Å². The molecule has 0 spiro atoms. The molecule has 0 aliphatic heterocycles. The second kappa shape index (κ2) is 13.5. The molecule has 0 saturated heterocycles. The summed E-state index contributed by atoms with van der Waals surface area (Å²) < 4.78 is 16.4. The molecule has 1 N–H and O–H groups in total. The van der Waals surface area contributed by atoms with Gasteiger partial charge in [-0.05, 0) is 37.6 Å². The Labute approximate surface area is 130 Å². The molecule has 0 radical (unpaired) electrons. The molecule has 0 heterocycles. The van der Waals surface area contributed by atoms with Crippen LogP contribution in [-0.2, 0) is 14.2 Å². The van der Waals surface area contributed by atoms with Crippen LogP contribution in [0.3, 0.4) is 0 Å². The molecule has 0 aromatic carbocycles. The Balaban J connectivity index is 1.69. The lowest BCUT2D eigenvalue weighted by molar-refractivity contribution is 0.0146. The Morgan fingerprint density at radius 2 is 1.57 bits per heavy atom. The summed E-state index contributed by atoms with van der Waals surface area (Å²) in [6.45, 7) is 11.0. The second-order valence-corrected chi connectivity index (χ2v) is 6.18. The van der Waals surface area contributed by atoms with E-state index in [1.54, 1.807) is 0 Å². The number of rotatable bonds is 14. The molecule has 21 heavy (non-hydrogen) atoms. The Bertz CT molecular complexity index is 226.